The molecule has 5 nitrogen and oxygen atoms in total. The Balaban J connectivity index is 1.29. The fourth-order valence-electron chi connectivity index (χ4n) is 4.94. The molecule has 2 saturated heterocycles. The van der Waals surface area contributed by atoms with Gasteiger partial charge in [0.1, 0.15) is 0 Å². The summed E-state index contributed by atoms with van der Waals surface area (Å²) in [5, 5.41) is 4.42. The van der Waals surface area contributed by atoms with E-state index < -0.39 is 0 Å². The molecule has 0 radical (unpaired) electrons. The van der Waals surface area contributed by atoms with Crippen molar-refractivity contribution in [1.29, 1.82) is 0 Å². The zero-order valence-corrected chi connectivity index (χ0v) is 20.9. The number of amides is 1. The summed E-state index contributed by atoms with van der Waals surface area (Å²) in [4.78, 5) is 20.1. The number of nitrogens with one attached hydrogen (secondary N) is 1. The molecule has 0 spiro atoms. The lowest BCUT2D eigenvalue weighted by Crippen LogP contribution is -2.42. The lowest BCUT2D eigenvalue weighted by atomic mass is 9.89. The maximum atomic E-state index is 12.9. The van der Waals surface area contributed by atoms with Crippen molar-refractivity contribution in [2.75, 3.05) is 32.8 Å². The molecule has 1 unspecified atom stereocenters. The summed E-state index contributed by atoms with van der Waals surface area (Å²) in [6.45, 7) is 7.25. The third-order valence-electron chi connectivity index (χ3n) is 7.02. The Hall–Kier alpha value is -1.76. The van der Waals surface area contributed by atoms with Crippen LogP contribution in [0.15, 0.2) is 30.4 Å². The Bertz CT molecular complexity index is 913. The minimum Gasteiger partial charge on any atom is -0.381 e. The zero-order valence-electron chi connectivity index (χ0n) is 20.1. The lowest BCUT2D eigenvalue weighted by molar-refractivity contribution is -0.122. The van der Waals surface area contributed by atoms with Gasteiger partial charge >= 0.3 is 0 Å². The summed E-state index contributed by atoms with van der Waals surface area (Å²) in [6.07, 6.45) is 13.8. The van der Waals surface area contributed by atoms with Gasteiger partial charge in [0, 0.05) is 38.6 Å². The number of carbonyl (C=O) groups is 1. The molecule has 3 heterocycles. The summed E-state index contributed by atoms with van der Waals surface area (Å²) >= 11 is 1.72. The van der Waals surface area contributed by atoms with Crippen LogP contribution >= 0.6 is 11.3 Å². The Morgan fingerprint density at radius 3 is 2.85 bits per heavy atom. The van der Waals surface area contributed by atoms with E-state index >= 15 is 0 Å². The summed E-state index contributed by atoms with van der Waals surface area (Å²) < 4.78 is 6.79. The number of likely N-dealkylation sites (tertiary alicyclic amines) is 1. The SMILES string of the molecule is CCc1ccc2nc(CCC(=O)NC(C/C=C/CN3CCCCC3)C3CCOCC3)sc2c1. The molecular formula is C27H39N3O2S. The molecule has 1 aromatic carbocycles. The Morgan fingerprint density at radius 2 is 2.06 bits per heavy atom. The second-order valence-electron chi connectivity index (χ2n) is 9.46. The second kappa shape index (κ2) is 12.6. The predicted octanol–water partition coefficient (Wildman–Crippen LogP) is 5.13. The highest BCUT2D eigenvalue weighted by atomic mass is 32.1. The van der Waals surface area contributed by atoms with E-state index in [-0.39, 0.29) is 11.9 Å². The molecule has 0 saturated carbocycles. The highest BCUT2D eigenvalue weighted by molar-refractivity contribution is 7.18. The van der Waals surface area contributed by atoms with Crippen LogP contribution in [0.2, 0.25) is 0 Å². The largest absolute Gasteiger partial charge is 0.381 e. The first-order chi connectivity index (χ1) is 16.2. The van der Waals surface area contributed by atoms with Crippen molar-refractivity contribution in [3.05, 3.63) is 40.9 Å². The van der Waals surface area contributed by atoms with Crippen molar-refractivity contribution in [1.82, 2.24) is 15.2 Å². The van der Waals surface area contributed by atoms with E-state index in [9.17, 15) is 4.79 Å². The number of carbonyl (C=O) groups excluding carboxylic acids is 1. The van der Waals surface area contributed by atoms with E-state index in [0.29, 0.717) is 18.8 Å². The molecule has 2 aromatic rings. The number of rotatable bonds is 10. The number of aromatic nitrogens is 1. The van der Waals surface area contributed by atoms with E-state index in [0.717, 1.165) is 56.0 Å². The van der Waals surface area contributed by atoms with Crippen molar-refractivity contribution in [2.24, 2.45) is 5.92 Å². The molecule has 0 bridgehead atoms. The maximum Gasteiger partial charge on any atom is 0.220 e. The van der Waals surface area contributed by atoms with Gasteiger partial charge in [0.05, 0.1) is 15.2 Å². The van der Waals surface area contributed by atoms with Crippen LogP contribution in [0.5, 0.6) is 0 Å². The Morgan fingerprint density at radius 1 is 1.24 bits per heavy atom. The third-order valence-corrected chi connectivity index (χ3v) is 8.10. The zero-order chi connectivity index (χ0) is 22.9. The number of thiazole rings is 1. The summed E-state index contributed by atoms with van der Waals surface area (Å²) in [5.41, 5.74) is 2.38. The minimum absolute atomic E-state index is 0.143. The molecule has 180 valence electrons. The molecule has 2 aliphatic heterocycles. The number of hydrogen-bond acceptors (Lipinski definition) is 5. The highest BCUT2D eigenvalue weighted by Gasteiger charge is 2.24. The van der Waals surface area contributed by atoms with Gasteiger partial charge in [-0.25, -0.2) is 4.98 Å². The highest BCUT2D eigenvalue weighted by Crippen LogP contribution is 2.25. The fourth-order valence-corrected chi connectivity index (χ4v) is 5.97. The standard InChI is InChI=1S/C27H39N3O2S/c1-2-21-9-10-24-25(20-21)33-27(29-24)12-11-26(31)28-23(22-13-18-32-19-14-22)8-4-7-17-30-15-5-3-6-16-30/h4,7,9-10,20,22-23H,2-3,5-6,8,11-19H2,1H3,(H,28,31)/b7-4+. The first-order valence-electron chi connectivity index (χ1n) is 12.8. The average Bonchev–Trinajstić information content (AvgIpc) is 3.28. The van der Waals surface area contributed by atoms with E-state index in [1.165, 1.54) is 42.6 Å². The van der Waals surface area contributed by atoms with Crippen LogP contribution in [0.1, 0.15) is 62.4 Å². The van der Waals surface area contributed by atoms with Gasteiger partial charge in [-0.15, -0.1) is 11.3 Å². The fraction of sp³-hybridized carbons (Fsp3) is 0.630. The monoisotopic (exact) mass is 469 g/mol. The van der Waals surface area contributed by atoms with Gasteiger partial charge in [-0.2, -0.15) is 0 Å². The van der Waals surface area contributed by atoms with Crippen molar-refractivity contribution < 1.29 is 9.53 Å². The Labute approximate surface area is 202 Å². The number of hydrogen-bond donors (Lipinski definition) is 1. The second-order valence-corrected chi connectivity index (χ2v) is 10.6. The predicted molar refractivity (Wildman–Crippen MR) is 137 cm³/mol. The van der Waals surface area contributed by atoms with Crippen LogP contribution < -0.4 is 5.32 Å². The molecule has 2 fully saturated rings. The molecule has 1 N–H and O–H groups in total. The Kier molecular flexibility index (Phi) is 9.33. The number of piperidine rings is 1. The van der Waals surface area contributed by atoms with E-state index in [2.05, 4.69) is 47.5 Å². The maximum absolute atomic E-state index is 12.9. The minimum atomic E-state index is 0.143. The first kappa shape index (κ1) is 24.4. The summed E-state index contributed by atoms with van der Waals surface area (Å²) in [7, 11) is 0. The number of aryl methyl sites for hydroxylation is 2. The lowest BCUT2D eigenvalue weighted by Gasteiger charge is -2.30. The van der Waals surface area contributed by atoms with Crippen LogP contribution in [-0.2, 0) is 22.4 Å². The quantitative estimate of drug-likeness (QED) is 0.490. The van der Waals surface area contributed by atoms with Crippen molar-refractivity contribution in [3.63, 3.8) is 0 Å². The van der Waals surface area contributed by atoms with Gasteiger partial charge in [0.25, 0.3) is 0 Å². The van der Waals surface area contributed by atoms with Crippen LogP contribution in [0.3, 0.4) is 0 Å². The van der Waals surface area contributed by atoms with Crippen molar-refractivity contribution >= 4 is 27.5 Å². The summed E-state index contributed by atoms with van der Waals surface area (Å²) in [6, 6.07) is 6.68. The molecule has 4 rings (SSSR count). The van der Waals surface area contributed by atoms with E-state index in [1.807, 2.05) is 0 Å². The van der Waals surface area contributed by atoms with Crippen molar-refractivity contribution in [2.45, 2.75) is 70.8 Å². The normalized spacial score (nSPS) is 19.3. The van der Waals surface area contributed by atoms with Gasteiger partial charge in [-0.1, -0.05) is 31.6 Å². The first-order valence-corrected chi connectivity index (χ1v) is 13.7. The third kappa shape index (κ3) is 7.36. The van der Waals surface area contributed by atoms with Crippen molar-refractivity contribution in [3.8, 4) is 0 Å². The van der Waals surface area contributed by atoms with E-state index in [1.54, 1.807) is 11.3 Å². The molecule has 0 aliphatic carbocycles. The van der Waals surface area contributed by atoms with Gasteiger partial charge in [-0.05, 0) is 75.2 Å². The molecule has 33 heavy (non-hydrogen) atoms. The number of benzene rings is 1. The van der Waals surface area contributed by atoms with Gasteiger partial charge in [0.2, 0.25) is 5.91 Å². The van der Waals surface area contributed by atoms with Crippen LogP contribution in [0.4, 0.5) is 0 Å². The number of fused-ring (bicyclic) bond motifs is 1. The molecule has 2 aliphatic rings. The molecule has 1 aromatic heterocycles. The average molecular weight is 470 g/mol. The smallest absolute Gasteiger partial charge is 0.220 e. The number of nitrogens with zero attached hydrogens (tertiary/aromatic N) is 2. The molecule has 1 atom stereocenters. The van der Waals surface area contributed by atoms with Gasteiger partial charge in [0.15, 0.2) is 0 Å². The van der Waals surface area contributed by atoms with Crippen LogP contribution in [0, 0.1) is 5.92 Å². The van der Waals surface area contributed by atoms with Gasteiger partial charge in [-0.3, -0.25) is 9.69 Å². The molecule has 1 amide bonds. The van der Waals surface area contributed by atoms with Crippen LogP contribution in [-0.4, -0.2) is 54.7 Å². The molecular weight excluding hydrogens is 430 g/mol. The number of ether oxygens (including phenoxy) is 1. The summed E-state index contributed by atoms with van der Waals surface area (Å²) in [5.74, 6) is 0.640. The van der Waals surface area contributed by atoms with E-state index in [4.69, 9.17) is 9.72 Å². The van der Waals surface area contributed by atoms with Gasteiger partial charge < -0.3 is 10.1 Å². The van der Waals surface area contributed by atoms with Crippen LogP contribution in [0.25, 0.3) is 10.2 Å². The topological polar surface area (TPSA) is 54.5 Å². The molecule has 6 heteroatoms.